The molecule has 2 N–H and O–H groups in total. The van der Waals surface area contributed by atoms with Gasteiger partial charge in [0.05, 0.1) is 19.8 Å². The average Bonchev–Trinajstić information content (AvgIpc) is 3.30. The van der Waals surface area contributed by atoms with E-state index in [1.54, 1.807) is 13.3 Å². The number of hydrogen-bond acceptors (Lipinski definition) is 4. The average molecular weight is 420 g/mol. The summed E-state index contributed by atoms with van der Waals surface area (Å²) in [6.45, 7) is 4.57. The molecule has 22 heavy (non-hydrogen) atoms. The van der Waals surface area contributed by atoms with Crippen molar-refractivity contribution in [2.24, 2.45) is 4.99 Å². The van der Waals surface area contributed by atoms with Gasteiger partial charge in [0.15, 0.2) is 5.96 Å². The van der Waals surface area contributed by atoms with E-state index >= 15 is 0 Å². The van der Waals surface area contributed by atoms with Gasteiger partial charge in [0.1, 0.15) is 0 Å². The zero-order valence-electron chi connectivity index (χ0n) is 13.2. The molecule has 0 bridgehead atoms. The van der Waals surface area contributed by atoms with Crippen LogP contribution in [0, 0.1) is 0 Å². The van der Waals surface area contributed by atoms with Crippen LogP contribution in [-0.2, 0) is 11.3 Å². The highest BCUT2D eigenvalue weighted by atomic mass is 127. The third kappa shape index (κ3) is 7.26. The van der Waals surface area contributed by atoms with Crippen molar-refractivity contribution in [1.82, 2.24) is 15.6 Å². The van der Waals surface area contributed by atoms with Crippen molar-refractivity contribution in [3.8, 4) is 5.88 Å². The first-order chi connectivity index (χ1) is 10.3. The summed E-state index contributed by atoms with van der Waals surface area (Å²) < 4.78 is 10.4. The van der Waals surface area contributed by atoms with Crippen LogP contribution in [0.3, 0.4) is 0 Å². The van der Waals surface area contributed by atoms with Crippen LogP contribution in [0.4, 0.5) is 0 Å². The molecule has 1 aliphatic rings. The van der Waals surface area contributed by atoms with Gasteiger partial charge >= 0.3 is 0 Å². The van der Waals surface area contributed by atoms with Crippen LogP contribution >= 0.6 is 24.0 Å². The predicted molar refractivity (Wildman–Crippen MR) is 98.0 cm³/mol. The van der Waals surface area contributed by atoms with Gasteiger partial charge in [-0.1, -0.05) is 0 Å². The van der Waals surface area contributed by atoms with Crippen LogP contribution < -0.4 is 15.4 Å². The van der Waals surface area contributed by atoms with Crippen molar-refractivity contribution in [3.05, 3.63) is 23.9 Å². The molecule has 1 saturated carbocycles. The molecule has 1 heterocycles. The van der Waals surface area contributed by atoms with Crippen molar-refractivity contribution >= 4 is 29.9 Å². The largest absolute Gasteiger partial charge is 0.478 e. The Morgan fingerprint density at radius 3 is 2.95 bits per heavy atom. The summed E-state index contributed by atoms with van der Waals surface area (Å²) in [5.74, 6) is 1.48. The van der Waals surface area contributed by atoms with Gasteiger partial charge in [0, 0.05) is 32.0 Å². The highest BCUT2D eigenvalue weighted by Crippen LogP contribution is 2.18. The number of rotatable bonds is 8. The van der Waals surface area contributed by atoms with E-state index < -0.39 is 0 Å². The Balaban J connectivity index is 0.00000242. The van der Waals surface area contributed by atoms with Crippen molar-refractivity contribution < 1.29 is 9.47 Å². The Morgan fingerprint density at radius 2 is 2.27 bits per heavy atom. The second-order valence-corrected chi connectivity index (χ2v) is 4.94. The Morgan fingerprint density at radius 1 is 1.45 bits per heavy atom. The molecule has 0 saturated heterocycles. The molecule has 0 radical (unpaired) electrons. The molecule has 0 unspecified atom stereocenters. The fourth-order valence-corrected chi connectivity index (χ4v) is 1.79. The highest BCUT2D eigenvalue weighted by Gasteiger charge is 2.22. The van der Waals surface area contributed by atoms with E-state index in [1.807, 2.05) is 19.1 Å². The minimum atomic E-state index is 0. The highest BCUT2D eigenvalue weighted by molar-refractivity contribution is 14.0. The molecule has 0 atom stereocenters. The van der Waals surface area contributed by atoms with E-state index in [2.05, 4.69) is 20.6 Å². The zero-order chi connectivity index (χ0) is 14.9. The lowest BCUT2D eigenvalue weighted by Gasteiger charge is -2.11. The quantitative estimate of drug-likeness (QED) is 0.291. The van der Waals surface area contributed by atoms with Crippen molar-refractivity contribution in [3.63, 3.8) is 0 Å². The summed E-state index contributed by atoms with van der Waals surface area (Å²) in [7, 11) is 1.69. The maximum atomic E-state index is 5.40. The molecule has 2 rings (SSSR count). The maximum Gasteiger partial charge on any atom is 0.213 e. The number of pyridine rings is 1. The summed E-state index contributed by atoms with van der Waals surface area (Å²) in [5, 5.41) is 6.67. The van der Waals surface area contributed by atoms with Crippen LogP contribution in [0.15, 0.2) is 23.3 Å². The van der Waals surface area contributed by atoms with Gasteiger partial charge in [-0.05, 0) is 31.4 Å². The molecule has 1 aliphatic carbocycles. The summed E-state index contributed by atoms with van der Waals surface area (Å²) >= 11 is 0. The number of aliphatic imine (C=N–C) groups is 1. The fourth-order valence-electron chi connectivity index (χ4n) is 1.79. The molecule has 124 valence electrons. The van der Waals surface area contributed by atoms with E-state index in [4.69, 9.17) is 9.47 Å². The third-order valence-electron chi connectivity index (χ3n) is 3.03. The van der Waals surface area contributed by atoms with Gasteiger partial charge in [-0.3, -0.25) is 0 Å². The zero-order valence-corrected chi connectivity index (χ0v) is 15.5. The molecule has 6 nitrogen and oxygen atoms in total. The SMILES string of the molecule is CCOc1cc(CN=C(NCCOC)NC2CC2)ccn1.I. The molecule has 0 aliphatic heterocycles. The van der Waals surface area contributed by atoms with Crippen LogP contribution in [-0.4, -0.2) is 43.9 Å². The number of aromatic nitrogens is 1. The van der Waals surface area contributed by atoms with Crippen LogP contribution in [0.1, 0.15) is 25.3 Å². The molecule has 0 spiro atoms. The number of hydrogen-bond donors (Lipinski definition) is 2. The van der Waals surface area contributed by atoms with Crippen molar-refractivity contribution in [2.45, 2.75) is 32.4 Å². The van der Waals surface area contributed by atoms with Gasteiger partial charge in [-0.25, -0.2) is 9.98 Å². The summed E-state index contributed by atoms with van der Waals surface area (Å²) in [4.78, 5) is 8.76. The summed E-state index contributed by atoms with van der Waals surface area (Å²) in [6.07, 6.45) is 4.19. The lowest BCUT2D eigenvalue weighted by atomic mass is 10.3. The van der Waals surface area contributed by atoms with E-state index in [0.717, 1.165) is 18.1 Å². The minimum absolute atomic E-state index is 0. The smallest absolute Gasteiger partial charge is 0.213 e. The molecular formula is C15H25IN4O2. The van der Waals surface area contributed by atoms with E-state index in [1.165, 1.54) is 12.8 Å². The molecule has 1 aromatic rings. The monoisotopic (exact) mass is 420 g/mol. The lowest BCUT2D eigenvalue weighted by molar-refractivity contribution is 0.203. The second-order valence-electron chi connectivity index (χ2n) is 4.94. The number of methoxy groups -OCH3 is 1. The molecule has 1 fully saturated rings. The number of nitrogens with zero attached hydrogens (tertiary/aromatic N) is 2. The molecule has 0 amide bonds. The fraction of sp³-hybridized carbons (Fsp3) is 0.600. The van der Waals surface area contributed by atoms with Gasteiger partial charge in [0.25, 0.3) is 0 Å². The van der Waals surface area contributed by atoms with Gasteiger partial charge in [-0.15, -0.1) is 24.0 Å². The van der Waals surface area contributed by atoms with Gasteiger partial charge in [0.2, 0.25) is 5.88 Å². The number of halogens is 1. The van der Waals surface area contributed by atoms with Gasteiger partial charge < -0.3 is 20.1 Å². The standard InChI is InChI=1S/C15H24N4O2.HI/c1-3-21-14-10-12(6-7-16-14)11-18-15(17-8-9-20-2)19-13-4-5-13;/h6-7,10,13H,3-5,8-9,11H2,1-2H3,(H2,17,18,19);1H. The minimum Gasteiger partial charge on any atom is -0.478 e. The first kappa shape index (κ1) is 19.0. The van der Waals surface area contributed by atoms with E-state index in [9.17, 15) is 0 Å². The molecule has 0 aromatic carbocycles. The first-order valence-electron chi connectivity index (χ1n) is 7.43. The summed E-state index contributed by atoms with van der Waals surface area (Å²) in [6, 6.07) is 4.45. The Labute approximate surface area is 149 Å². The first-order valence-corrected chi connectivity index (χ1v) is 7.43. The Bertz CT molecular complexity index is 467. The topological polar surface area (TPSA) is 67.8 Å². The molecule has 7 heteroatoms. The Hall–Kier alpha value is -1.09. The normalized spacial score (nSPS) is 14.2. The number of guanidine groups is 1. The Kier molecular flexibility index (Phi) is 9.14. The van der Waals surface area contributed by atoms with E-state index in [-0.39, 0.29) is 24.0 Å². The molecule has 1 aromatic heterocycles. The van der Waals surface area contributed by atoms with Gasteiger partial charge in [-0.2, -0.15) is 0 Å². The predicted octanol–water partition coefficient (Wildman–Crippen LogP) is 1.94. The third-order valence-corrected chi connectivity index (χ3v) is 3.03. The summed E-state index contributed by atoms with van der Waals surface area (Å²) in [5.41, 5.74) is 1.08. The lowest BCUT2D eigenvalue weighted by Crippen LogP contribution is -2.40. The second kappa shape index (κ2) is 10.6. The number of nitrogens with one attached hydrogen (secondary N) is 2. The van der Waals surface area contributed by atoms with Crippen LogP contribution in [0.2, 0.25) is 0 Å². The van der Waals surface area contributed by atoms with E-state index in [0.29, 0.717) is 31.7 Å². The van der Waals surface area contributed by atoms with Crippen molar-refractivity contribution in [2.75, 3.05) is 26.9 Å². The molecular weight excluding hydrogens is 395 g/mol. The maximum absolute atomic E-state index is 5.40. The van der Waals surface area contributed by atoms with Crippen molar-refractivity contribution in [1.29, 1.82) is 0 Å². The van der Waals surface area contributed by atoms with Crippen LogP contribution in [0.25, 0.3) is 0 Å². The number of ether oxygens (including phenoxy) is 2. The van der Waals surface area contributed by atoms with Crippen LogP contribution in [0.5, 0.6) is 5.88 Å².